The summed E-state index contributed by atoms with van der Waals surface area (Å²) in [5.74, 6) is -3.77. The van der Waals surface area contributed by atoms with Crippen LogP contribution in [0.25, 0.3) is 0 Å². The zero-order valence-electron chi connectivity index (χ0n) is 36.8. The molecule has 1 fully saturated rings. The number of carbonyl (C=O) groups is 6. The molecule has 1 unspecified atom stereocenters. The maximum Gasteiger partial charge on any atom is 0.326 e. The number of carboxylic acid groups (broad SMARTS) is 1. The molecule has 1 aliphatic heterocycles. The fourth-order valence-corrected chi connectivity index (χ4v) is 9.19. The van der Waals surface area contributed by atoms with Crippen LogP contribution in [0.5, 0.6) is 5.75 Å². The first-order valence-electron chi connectivity index (χ1n) is 21.4. The van der Waals surface area contributed by atoms with Crippen molar-refractivity contribution in [2.24, 2.45) is 5.92 Å². The van der Waals surface area contributed by atoms with Crippen LogP contribution >= 0.6 is 0 Å². The number of anilines is 2. The number of rotatable bonds is 20. The Bertz CT molecular complexity index is 2420. The number of para-hydroxylation sites is 1. The maximum atomic E-state index is 13.8. The van der Waals surface area contributed by atoms with E-state index in [1.807, 2.05) is 39.0 Å². The molecule has 0 bridgehead atoms. The molecule has 18 heteroatoms. The highest BCUT2D eigenvalue weighted by atomic mass is 32.2. The van der Waals surface area contributed by atoms with E-state index in [9.17, 15) is 47.4 Å². The van der Waals surface area contributed by atoms with Crippen molar-refractivity contribution in [1.82, 2.24) is 25.2 Å². The summed E-state index contributed by atoms with van der Waals surface area (Å²) in [6.07, 6.45) is 0.511. The fourth-order valence-electron chi connectivity index (χ4n) is 7.53. The quantitative estimate of drug-likeness (QED) is 0.0659. The zero-order chi connectivity index (χ0) is 47.3. The summed E-state index contributed by atoms with van der Waals surface area (Å²) in [6, 6.07) is 22.9. The average Bonchev–Trinajstić information content (AvgIpc) is 3.72. The van der Waals surface area contributed by atoms with Gasteiger partial charge in [0.2, 0.25) is 33.7 Å². The van der Waals surface area contributed by atoms with E-state index in [1.165, 1.54) is 48.3 Å². The molecule has 17 nitrogen and oxygen atoms in total. The van der Waals surface area contributed by atoms with Gasteiger partial charge in [-0.15, -0.1) is 0 Å². The summed E-state index contributed by atoms with van der Waals surface area (Å²) in [5.41, 5.74) is 3.54. The van der Waals surface area contributed by atoms with E-state index in [0.717, 1.165) is 15.4 Å². The third-order valence-electron chi connectivity index (χ3n) is 11.4. The molecule has 0 spiro atoms. The third kappa shape index (κ3) is 13.6. The average molecular weight is 912 g/mol. The van der Waals surface area contributed by atoms with Crippen molar-refractivity contribution in [2.45, 2.75) is 88.4 Å². The maximum absolute atomic E-state index is 13.8. The van der Waals surface area contributed by atoms with Crippen molar-refractivity contribution in [2.75, 3.05) is 30.8 Å². The van der Waals surface area contributed by atoms with Gasteiger partial charge in [0.15, 0.2) is 0 Å². The van der Waals surface area contributed by atoms with E-state index in [-0.39, 0.29) is 67.2 Å². The van der Waals surface area contributed by atoms with Gasteiger partial charge in [0, 0.05) is 44.0 Å². The Labute approximate surface area is 379 Å². The number of sulfonamides is 1. The van der Waals surface area contributed by atoms with E-state index in [1.54, 1.807) is 48.5 Å². The molecule has 1 aliphatic rings. The van der Waals surface area contributed by atoms with Gasteiger partial charge in [-0.05, 0) is 91.3 Å². The normalized spacial score (nSPS) is 16.3. The summed E-state index contributed by atoms with van der Waals surface area (Å²) >= 11 is 0. The molecular weight excluding hydrogens is 855 g/mol. The standard InChI is InChI=1S/C47H57N7O10S/c1-5-30(2)43(53(4)42(57)27-33-15-20-34(21-16-33)50-47(62)52-38-14-10-9-11-31(38)3)45(59)48-26-25-39(46(60)61)51-44(58)40-28-35(29-54(40)65(63,64)37-12-7-6-8-13-37)49-41(56)24-19-32-17-22-36(55)23-18-32/h6-18,20-23,30,35,39-40,43,55H,5,19,24-29H2,1-4H3,(H,48,59)(H,49,56)(H,51,58)(H,60,61)(H2,50,52,62)/t30?,35-,39-,40-,43-/m0/s1. The van der Waals surface area contributed by atoms with Crippen molar-refractivity contribution < 1.29 is 47.4 Å². The number of phenolic OH excluding ortho intramolecular Hbond substituents is 1. The van der Waals surface area contributed by atoms with Crippen LogP contribution in [0.3, 0.4) is 0 Å². The van der Waals surface area contributed by atoms with Gasteiger partial charge < -0.3 is 41.7 Å². The molecular formula is C47H57N7O10S. The number of nitrogens with zero attached hydrogens (tertiary/aromatic N) is 2. The van der Waals surface area contributed by atoms with Crippen LogP contribution in [-0.2, 0) is 46.8 Å². The van der Waals surface area contributed by atoms with Gasteiger partial charge in [0.25, 0.3) is 0 Å². The van der Waals surface area contributed by atoms with Crippen LogP contribution in [0.2, 0.25) is 0 Å². The summed E-state index contributed by atoms with van der Waals surface area (Å²) < 4.78 is 28.7. The van der Waals surface area contributed by atoms with Gasteiger partial charge >= 0.3 is 12.0 Å². The molecule has 1 saturated heterocycles. The molecule has 5 atom stereocenters. The molecule has 4 aromatic carbocycles. The minimum absolute atomic E-state index is 0.0396. The lowest BCUT2D eigenvalue weighted by Gasteiger charge is -2.32. The number of aryl methyl sites for hydroxylation is 2. The monoisotopic (exact) mass is 911 g/mol. The largest absolute Gasteiger partial charge is 0.508 e. The number of hydrogen-bond acceptors (Lipinski definition) is 9. The second-order valence-electron chi connectivity index (χ2n) is 16.2. The van der Waals surface area contributed by atoms with Gasteiger partial charge in [0.1, 0.15) is 23.9 Å². The minimum Gasteiger partial charge on any atom is -0.508 e. The molecule has 346 valence electrons. The van der Waals surface area contributed by atoms with Crippen molar-refractivity contribution in [3.8, 4) is 5.75 Å². The molecule has 4 aromatic rings. The van der Waals surface area contributed by atoms with Crippen molar-refractivity contribution in [3.05, 3.63) is 120 Å². The first-order chi connectivity index (χ1) is 31.0. The van der Waals surface area contributed by atoms with Crippen molar-refractivity contribution in [3.63, 3.8) is 0 Å². The molecule has 65 heavy (non-hydrogen) atoms. The second kappa shape index (κ2) is 22.7. The predicted molar refractivity (Wildman–Crippen MR) is 244 cm³/mol. The number of nitrogens with one attached hydrogen (secondary N) is 5. The number of hydrogen-bond donors (Lipinski definition) is 7. The number of carboxylic acids is 1. The Balaban J connectivity index is 1.18. The number of phenols is 1. The number of urea groups is 1. The Kier molecular flexibility index (Phi) is 17.2. The van der Waals surface area contributed by atoms with E-state index in [0.29, 0.717) is 29.8 Å². The van der Waals surface area contributed by atoms with Gasteiger partial charge in [-0.1, -0.05) is 80.9 Å². The van der Waals surface area contributed by atoms with Crippen molar-refractivity contribution >= 4 is 57.0 Å². The van der Waals surface area contributed by atoms with Crippen LogP contribution in [0, 0.1) is 12.8 Å². The molecule has 5 rings (SSSR count). The van der Waals surface area contributed by atoms with Gasteiger partial charge in [-0.25, -0.2) is 18.0 Å². The van der Waals surface area contributed by atoms with Gasteiger partial charge in [-0.2, -0.15) is 4.31 Å². The lowest BCUT2D eigenvalue weighted by molar-refractivity contribution is -0.142. The Hall–Kier alpha value is -6.79. The lowest BCUT2D eigenvalue weighted by atomic mass is 9.96. The van der Waals surface area contributed by atoms with E-state index in [2.05, 4.69) is 26.6 Å². The van der Waals surface area contributed by atoms with Crippen LogP contribution in [0.1, 0.15) is 56.2 Å². The van der Waals surface area contributed by atoms with Crippen LogP contribution in [0.15, 0.2) is 108 Å². The second-order valence-corrected chi connectivity index (χ2v) is 18.0. The third-order valence-corrected chi connectivity index (χ3v) is 13.3. The van der Waals surface area contributed by atoms with Crippen LogP contribution in [-0.4, -0.2) is 108 Å². The number of carbonyl (C=O) groups excluding carboxylic acids is 5. The SMILES string of the molecule is CCC(C)[C@@H](C(=O)NCC[C@H](NC(=O)[C@@H]1C[C@H](NC(=O)CCc2ccc(O)cc2)CN1S(=O)(=O)c1ccccc1)C(=O)O)N(C)C(=O)Cc1ccc(NC(=O)Nc2ccccc2C)cc1. The van der Waals surface area contributed by atoms with E-state index < -0.39 is 58.0 Å². The Morgan fingerprint density at radius 1 is 0.862 bits per heavy atom. The first kappa shape index (κ1) is 49.2. The zero-order valence-corrected chi connectivity index (χ0v) is 37.6. The summed E-state index contributed by atoms with van der Waals surface area (Å²) in [4.78, 5) is 80.3. The fraction of sp³-hybridized carbons (Fsp3) is 0.362. The molecule has 0 saturated carbocycles. The highest BCUT2D eigenvalue weighted by Gasteiger charge is 2.45. The van der Waals surface area contributed by atoms with Gasteiger partial charge in [0.05, 0.1) is 11.3 Å². The van der Waals surface area contributed by atoms with Crippen LogP contribution in [0.4, 0.5) is 16.2 Å². The molecule has 7 N–H and O–H groups in total. The molecule has 6 amide bonds. The molecule has 0 aromatic heterocycles. The summed E-state index contributed by atoms with van der Waals surface area (Å²) in [5, 5.41) is 33.2. The lowest BCUT2D eigenvalue weighted by Crippen LogP contribution is -2.53. The summed E-state index contributed by atoms with van der Waals surface area (Å²) in [7, 11) is -2.75. The Morgan fingerprint density at radius 2 is 1.51 bits per heavy atom. The number of benzene rings is 4. The minimum atomic E-state index is -4.27. The number of aromatic hydroxyl groups is 1. The topological polar surface area (TPSA) is 244 Å². The molecule has 0 radical (unpaired) electrons. The highest BCUT2D eigenvalue weighted by molar-refractivity contribution is 7.89. The number of aliphatic carboxylic acids is 1. The predicted octanol–water partition coefficient (Wildman–Crippen LogP) is 4.42. The van der Waals surface area contributed by atoms with E-state index in [4.69, 9.17) is 0 Å². The smallest absolute Gasteiger partial charge is 0.326 e. The molecule has 0 aliphatic carbocycles. The van der Waals surface area contributed by atoms with Crippen LogP contribution < -0.4 is 26.6 Å². The molecule has 1 heterocycles. The van der Waals surface area contributed by atoms with Crippen molar-refractivity contribution in [1.29, 1.82) is 0 Å². The van der Waals surface area contributed by atoms with E-state index >= 15 is 0 Å². The number of amides is 6. The first-order valence-corrected chi connectivity index (χ1v) is 22.8. The summed E-state index contributed by atoms with van der Waals surface area (Å²) in [6.45, 7) is 5.13. The van der Waals surface area contributed by atoms with Gasteiger partial charge in [-0.3, -0.25) is 19.2 Å². The Morgan fingerprint density at radius 3 is 2.15 bits per heavy atom. The number of likely N-dealkylation sites (N-methyl/N-ethyl adjacent to an activating group) is 1. The highest BCUT2D eigenvalue weighted by Crippen LogP contribution is 2.27.